The average molecular weight is 385 g/mol. The largest absolute Gasteiger partial charge is 0.444 e. The van der Waals surface area contributed by atoms with Crippen molar-refractivity contribution in [3.63, 3.8) is 0 Å². The van der Waals surface area contributed by atoms with Crippen molar-refractivity contribution in [3.8, 4) is 0 Å². The van der Waals surface area contributed by atoms with Gasteiger partial charge in [-0.25, -0.2) is 13.4 Å². The van der Waals surface area contributed by atoms with Gasteiger partial charge in [0.2, 0.25) is 0 Å². The fourth-order valence-corrected chi connectivity index (χ4v) is 3.26. The van der Waals surface area contributed by atoms with Crippen molar-refractivity contribution in [2.75, 3.05) is 16.7 Å². The number of hydrogen-bond donors (Lipinski definition) is 1. The number of nitrogens with one attached hydrogen (secondary N) is 1. The van der Waals surface area contributed by atoms with Crippen molar-refractivity contribution >= 4 is 40.1 Å². The van der Waals surface area contributed by atoms with E-state index in [1.165, 1.54) is 23.1 Å². The number of cyclic esters (lactones) is 1. The Balaban J connectivity index is 0.00000109. The zero-order valence-corrected chi connectivity index (χ0v) is 15.6. The third-order valence-corrected chi connectivity index (χ3v) is 4.77. The van der Waals surface area contributed by atoms with Gasteiger partial charge in [-0.3, -0.25) is 4.90 Å². The molecule has 1 atom stereocenters. The molecule has 0 aromatic heterocycles. The molecule has 0 saturated heterocycles. The molecule has 8 heteroatoms. The summed E-state index contributed by atoms with van der Waals surface area (Å²) in [6.45, 7) is 4.13. The third kappa shape index (κ3) is 4.29. The van der Waals surface area contributed by atoms with Crippen LogP contribution in [0.5, 0.6) is 0 Å². The number of hydrogen-bond acceptors (Lipinski definition) is 3. The summed E-state index contributed by atoms with van der Waals surface area (Å²) in [6.07, 6.45) is -0.426. The van der Waals surface area contributed by atoms with E-state index in [4.69, 9.17) is 16.3 Å². The molecule has 3 rings (SSSR count). The zero-order chi connectivity index (χ0) is 18.6. The number of anilines is 2. The summed E-state index contributed by atoms with van der Waals surface area (Å²) in [5.41, 5.74) is 1.92. The second-order valence-corrected chi connectivity index (χ2v) is 6.52. The molecule has 0 spiro atoms. The molecular weight excluding hydrogens is 367 g/mol. The van der Waals surface area contributed by atoms with Gasteiger partial charge >= 0.3 is 6.09 Å². The maximum Gasteiger partial charge on any atom is 0.414 e. The van der Waals surface area contributed by atoms with Crippen LogP contribution in [0.15, 0.2) is 41.3 Å². The molecule has 1 amide bonds. The molecule has 0 fully saturated rings. The standard InChI is InChI=1S/C15H12ClFN2O3S.C2H6/c1-19-14-5-3-11(6-9(14)8-22-15(19)20)23(21)18-10-2-4-13(17)12(16)7-10;1-2/h2-7,18H,8H2,1H3;1-2H3. The van der Waals surface area contributed by atoms with Crippen LogP contribution in [0.1, 0.15) is 19.4 Å². The van der Waals surface area contributed by atoms with Crippen molar-refractivity contribution in [2.45, 2.75) is 25.3 Å². The summed E-state index contributed by atoms with van der Waals surface area (Å²) in [5.74, 6) is -0.540. The lowest BCUT2D eigenvalue weighted by Gasteiger charge is -2.25. The van der Waals surface area contributed by atoms with Gasteiger partial charge in [-0.1, -0.05) is 25.4 Å². The Bertz CT molecular complexity index is 816. The highest BCUT2D eigenvalue weighted by Gasteiger charge is 2.23. The molecule has 5 nitrogen and oxygen atoms in total. The molecule has 1 aliphatic rings. The zero-order valence-electron chi connectivity index (χ0n) is 14.0. The van der Waals surface area contributed by atoms with Gasteiger partial charge in [0, 0.05) is 18.3 Å². The molecule has 1 heterocycles. The van der Waals surface area contributed by atoms with Crippen LogP contribution in [0.3, 0.4) is 0 Å². The third-order valence-electron chi connectivity index (χ3n) is 3.38. The van der Waals surface area contributed by atoms with Crippen LogP contribution >= 0.6 is 11.6 Å². The Morgan fingerprint density at radius 3 is 2.64 bits per heavy atom. The van der Waals surface area contributed by atoms with Crippen LogP contribution in [0.4, 0.5) is 20.6 Å². The van der Waals surface area contributed by atoms with E-state index >= 15 is 0 Å². The Morgan fingerprint density at radius 2 is 1.96 bits per heavy atom. The van der Waals surface area contributed by atoms with Crippen molar-refractivity contribution < 1.29 is 18.1 Å². The van der Waals surface area contributed by atoms with Crippen molar-refractivity contribution in [2.24, 2.45) is 0 Å². The smallest absolute Gasteiger partial charge is 0.414 e. The summed E-state index contributed by atoms with van der Waals surface area (Å²) in [6, 6.07) is 9.08. The summed E-state index contributed by atoms with van der Waals surface area (Å²) in [4.78, 5) is 13.4. The highest BCUT2D eigenvalue weighted by Crippen LogP contribution is 2.28. The van der Waals surface area contributed by atoms with Crippen LogP contribution in [0, 0.1) is 5.82 Å². The number of carbonyl (C=O) groups excluding carboxylic acids is 1. The first-order valence-corrected chi connectivity index (χ1v) is 9.15. The normalized spacial score (nSPS) is 14.0. The Labute approximate surface area is 153 Å². The molecule has 25 heavy (non-hydrogen) atoms. The van der Waals surface area contributed by atoms with Crippen molar-refractivity contribution in [3.05, 3.63) is 52.8 Å². The van der Waals surface area contributed by atoms with Gasteiger partial charge in [0.05, 0.1) is 15.6 Å². The first kappa shape index (κ1) is 19.2. The van der Waals surface area contributed by atoms with Gasteiger partial charge in [-0.2, -0.15) is 0 Å². The molecule has 0 aliphatic carbocycles. The number of carbonyl (C=O) groups is 1. The van der Waals surface area contributed by atoms with E-state index in [0.717, 1.165) is 5.56 Å². The summed E-state index contributed by atoms with van der Waals surface area (Å²) < 4.78 is 33.3. The molecule has 1 N–H and O–H groups in total. The predicted molar refractivity (Wildman–Crippen MR) is 97.8 cm³/mol. The van der Waals surface area contributed by atoms with E-state index in [1.807, 2.05) is 13.8 Å². The molecular formula is C17H18ClFN2O3S. The number of rotatable bonds is 3. The minimum Gasteiger partial charge on any atom is -0.444 e. The van der Waals surface area contributed by atoms with Gasteiger partial charge in [-0.15, -0.1) is 0 Å². The lowest BCUT2D eigenvalue weighted by molar-refractivity contribution is 0.143. The topological polar surface area (TPSA) is 58.6 Å². The number of amides is 1. The maximum absolute atomic E-state index is 13.1. The highest BCUT2D eigenvalue weighted by atomic mass is 35.5. The lowest BCUT2D eigenvalue weighted by atomic mass is 10.1. The second-order valence-electron chi connectivity index (χ2n) is 4.90. The Kier molecular flexibility index (Phi) is 6.39. The minimum absolute atomic E-state index is 0.0500. The fourth-order valence-electron chi connectivity index (χ4n) is 2.18. The van der Waals surface area contributed by atoms with Crippen LogP contribution < -0.4 is 9.62 Å². The van der Waals surface area contributed by atoms with Crippen LogP contribution in [-0.4, -0.2) is 17.3 Å². The number of nitrogens with zero attached hydrogens (tertiary/aromatic N) is 1. The van der Waals surface area contributed by atoms with Gasteiger partial charge < -0.3 is 9.46 Å². The maximum atomic E-state index is 13.1. The number of halogens is 2. The average Bonchev–Trinajstić information content (AvgIpc) is 2.63. The predicted octanol–water partition coefficient (Wildman–Crippen LogP) is 4.73. The summed E-state index contributed by atoms with van der Waals surface area (Å²) >= 11 is 5.70. The molecule has 134 valence electrons. The van der Waals surface area contributed by atoms with E-state index in [1.54, 1.807) is 25.2 Å². The minimum atomic E-state index is -1.56. The van der Waals surface area contributed by atoms with E-state index < -0.39 is 22.9 Å². The first-order chi connectivity index (χ1) is 12.0. The van der Waals surface area contributed by atoms with E-state index in [-0.39, 0.29) is 11.6 Å². The molecule has 2 aromatic carbocycles. The summed E-state index contributed by atoms with van der Waals surface area (Å²) in [7, 11) is 0.0495. The van der Waals surface area contributed by atoms with Gasteiger partial charge in [0.15, 0.2) is 0 Å². The Morgan fingerprint density at radius 1 is 1.24 bits per heavy atom. The Hall–Kier alpha value is -2.12. The highest BCUT2D eigenvalue weighted by molar-refractivity contribution is 7.86. The van der Waals surface area contributed by atoms with Gasteiger partial charge in [-0.05, 0) is 36.4 Å². The quantitative estimate of drug-likeness (QED) is 0.832. The van der Waals surface area contributed by atoms with Gasteiger partial charge in [0.25, 0.3) is 0 Å². The van der Waals surface area contributed by atoms with Crippen LogP contribution in [-0.2, 0) is 22.3 Å². The molecule has 2 aromatic rings. The van der Waals surface area contributed by atoms with Gasteiger partial charge in [0.1, 0.15) is 23.4 Å². The van der Waals surface area contributed by atoms with E-state index in [0.29, 0.717) is 16.3 Å². The molecule has 0 radical (unpaired) electrons. The molecule has 1 aliphatic heterocycles. The first-order valence-electron chi connectivity index (χ1n) is 7.62. The van der Waals surface area contributed by atoms with E-state index in [2.05, 4.69) is 4.72 Å². The molecule has 1 unspecified atom stereocenters. The van der Waals surface area contributed by atoms with E-state index in [9.17, 15) is 13.4 Å². The van der Waals surface area contributed by atoms with Crippen molar-refractivity contribution in [1.82, 2.24) is 0 Å². The molecule has 0 saturated carbocycles. The fraction of sp³-hybridized carbons (Fsp3) is 0.235. The monoisotopic (exact) mass is 384 g/mol. The lowest BCUT2D eigenvalue weighted by Crippen LogP contribution is -2.31. The SMILES string of the molecule is CC.CN1C(=O)OCc2cc(S(=O)Nc3ccc(F)c(Cl)c3)ccc21. The van der Waals surface area contributed by atoms with Crippen molar-refractivity contribution in [1.29, 1.82) is 0 Å². The van der Waals surface area contributed by atoms with Crippen LogP contribution in [0.25, 0.3) is 0 Å². The summed E-state index contributed by atoms with van der Waals surface area (Å²) in [5, 5.41) is -0.0500. The number of benzene rings is 2. The molecule has 0 bridgehead atoms. The number of ether oxygens (including phenoxy) is 1. The number of fused-ring (bicyclic) bond motifs is 1. The van der Waals surface area contributed by atoms with Crippen LogP contribution in [0.2, 0.25) is 5.02 Å². The second kappa shape index (κ2) is 8.31.